The van der Waals surface area contributed by atoms with Crippen LogP contribution in [-0.4, -0.2) is 22.6 Å². The van der Waals surface area contributed by atoms with Gasteiger partial charge in [-0.15, -0.1) is 11.3 Å². The SMILES string of the molecule is NCCc1c(-c2cccs2)nc2n1CCCN2. The number of hydrogen-bond acceptors (Lipinski definition) is 4. The smallest absolute Gasteiger partial charge is 0.203 e. The molecule has 0 amide bonds. The van der Waals surface area contributed by atoms with E-state index in [2.05, 4.69) is 27.4 Å². The normalized spacial score (nSPS) is 14.4. The summed E-state index contributed by atoms with van der Waals surface area (Å²) in [5, 5.41) is 5.45. The molecule has 3 rings (SSSR count). The van der Waals surface area contributed by atoms with Crippen LogP contribution in [0.1, 0.15) is 12.1 Å². The maximum absolute atomic E-state index is 5.72. The van der Waals surface area contributed by atoms with Crippen molar-refractivity contribution in [2.75, 3.05) is 18.4 Å². The van der Waals surface area contributed by atoms with Crippen molar-refractivity contribution < 1.29 is 0 Å². The predicted molar refractivity (Wildman–Crippen MR) is 71.4 cm³/mol. The number of fused-ring (bicyclic) bond motifs is 1. The van der Waals surface area contributed by atoms with Crippen LogP contribution in [0.2, 0.25) is 0 Å². The van der Waals surface area contributed by atoms with E-state index >= 15 is 0 Å². The molecule has 0 spiro atoms. The van der Waals surface area contributed by atoms with Crippen LogP contribution in [0.15, 0.2) is 17.5 Å². The van der Waals surface area contributed by atoms with Gasteiger partial charge in [0.1, 0.15) is 5.69 Å². The molecule has 0 unspecified atom stereocenters. The second kappa shape index (κ2) is 4.50. The van der Waals surface area contributed by atoms with Gasteiger partial charge >= 0.3 is 0 Å². The van der Waals surface area contributed by atoms with Crippen molar-refractivity contribution in [1.29, 1.82) is 0 Å². The molecule has 0 atom stereocenters. The zero-order valence-electron chi connectivity index (χ0n) is 9.65. The van der Waals surface area contributed by atoms with Gasteiger partial charge in [-0.2, -0.15) is 0 Å². The first-order chi connectivity index (χ1) is 8.40. The van der Waals surface area contributed by atoms with Crippen LogP contribution in [0, 0.1) is 0 Å². The molecule has 0 fully saturated rings. The van der Waals surface area contributed by atoms with Crippen LogP contribution in [0.25, 0.3) is 10.6 Å². The van der Waals surface area contributed by atoms with Gasteiger partial charge in [-0.05, 0) is 24.4 Å². The number of nitrogens with two attached hydrogens (primary N) is 1. The summed E-state index contributed by atoms with van der Waals surface area (Å²) >= 11 is 1.74. The summed E-state index contributed by atoms with van der Waals surface area (Å²) < 4.78 is 2.28. The Bertz CT molecular complexity index is 501. The van der Waals surface area contributed by atoms with E-state index in [9.17, 15) is 0 Å². The third-order valence-corrected chi connectivity index (χ3v) is 3.93. The Kier molecular flexibility index (Phi) is 2.86. The molecule has 0 radical (unpaired) electrons. The molecule has 5 heteroatoms. The third-order valence-electron chi connectivity index (χ3n) is 3.05. The fraction of sp³-hybridized carbons (Fsp3) is 0.417. The van der Waals surface area contributed by atoms with E-state index in [1.807, 2.05) is 0 Å². The number of imidazole rings is 1. The van der Waals surface area contributed by atoms with Crippen molar-refractivity contribution in [3.63, 3.8) is 0 Å². The molecule has 3 N–H and O–H groups in total. The van der Waals surface area contributed by atoms with E-state index in [0.29, 0.717) is 6.54 Å². The minimum atomic E-state index is 0.670. The van der Waals surface area contributed by atoms with Crippen LogP contribution >= 0.6 is 11.3 Å². The maximum Gasteiger partial charge on any atom is 0.203 e. The first-order valence-electron chi connectivity index (χ1n) is 5.97. The second-order valence-electron chi connectivity index (χ2n) is 4.18. The number of nitrogens with one attached hydrogen (secondary N) is 1. The Labute approximate surface area is 104 Å². The van der Waals surface area contributed by atoms with Crippen molar-refractivity contribution in [2.45, 2.75) is 19.4 Å². The highest BCUT2D eigenvalue weighted by molar-refractivity contribution is 7.13. The third kappa shape index (κ3) is 1.85. The highest BCUT2D eigenvalue weighted by Gasteiger charge is 2.20. The first-order valence-corrected chi connectivity index (χ1v) is 6.85. The summed E-state index contributed by atoms with van der Waals surface area (Å²) in [5.41, 5.74) is 8.10. The minimum Gasteiger partial charge on any atom is -0.356 e. The van der Waals surface area contributed by atoms with E-state index < -0.39 is 0 Å². The zero-order valence-corrected chi connectivity index (χ0v) is 10.5. The first kappa shape index (κ1) is 10.8. The summed E-state index contributed by atoms with van der Waals surface area (Å²) in [6.45, 7) is 2.74. The molecule has 17 heavy (non-hydrogen) atoms. The van der Waals surface area contributed by atoms with E-state index in [4.69, 9.17) is 10.7 Å². The average Bonchev–Trinajstić information content (AvgIpc) is 2.97. The standard InChI is InChI=1S/C12H16N4S/c13-5-4-9-11(10-3-1-8-17-10)15-12-14-6-2-7-16(9)12/h1,3,8H,2,4-7,13H2,(H,14,15). The molecule has 1 aliphatic rings. The lowest BCUT2D eigenvalue weighted by atomic mass is 10.2. The molecule has 0 aromatic carbocycles. The van der Waals surface area contributed by atoms with E-state index in [1.165, 1.54) is 10.6 Å². The molecule has 2 aromatic rings. The molecule has 0 aliphatic carbocycles. The molecule has 3 heterocycles. The van der Waals surface area contributed by atoms with Crippen LogP contribution in [0.4, 0.5) is 5.95 Å². The molecule has 1 aliphatic heterocycles. The lowest BCUT2D eigenvalue weighted by Gasteiger charge is -2.17. The Hall–Kier alpha value is -1.33. The van der Waals surface area contributed by atoms with Gasteiger partial charge in [0.15, 0.2) is 0 Å². The Morgan fingerprint density at radius 2 is 2.47 bits per heavy atom. The number of thiophene rings is 1. The summed E-state index contributed by atoms with van der Waals surface area (Å²) in [6, 6.07) is 4.19. The lowest BCUT2D eigenvalue weighted by Crippen LogP contribution is -2.19. The molecule has 2 aromatic heterocycles. The van der Waals surface area contributed by atoms with Crippen LogP contribution in [0.5, 0.6) is 0 Å². The van der Waals surface area contributed by atoms with E-state index in [1.54, 1.807) is 11.3 Å². The molecule has 0 saturated carbocycles. The fourth-order valence-corrected chi connectivity index (χ4v) is 3.04. The van der Waals surface area contributed by atoms with Gasteiger partial charge in [-0.25, -0.2) is 4.98 Å². The van der Waals surface area contributed by atoms with Crippen molar-refractivity contribution in [3.8, 4) is 10.6 Å². The number of anilines is 1. The van der Waals surface area contributed by atoms with Crippen LogP contribution in [-0.2, 0) is 13.0 Å². The van der Waals surface area contributed by atoms with E-state index in [0.717, 1.165) is 37.6 Å². The summed E-state index contributed by atoms with van der Waals surface area (Å²) in [6.07, 6.45) is 2.05. The maximum atomic E-state index is 5.72. The van der Waals surface area contributed by atoms with Crippen molar-refractivity contribution in [1.82, 2.24) is 9.55 Å². The van der Waals surface area contributed by atoms with Crippen molar-refractivity contribution in [2.24, 2.45) is 5.73 Å². The van der Waals surface area contributed by atoms with Gasteiger partial charge in [0.25, 0.3) is 0 Å². The van der Waals surface area contributed by atoms with Crippen LogP contribution < -0.4 is 11.1 Å². The van der Waals surface area contributed by atoms with Crippen molar-refractivity contribution in [3.05, 3.63) is 23.2 Å². The predicted octanol–water partition coefficient (Wildman–Crippen LogP) is 1.93. The van der Waals surface area contributed by atoms with Gasteiger partial charge in [-0.3, -0.25) is 0 Å². The molecule has 0 bridgehead atoms. The van der Waals surface area contributed by atoms with Crippen molar-refractivity contribution >= 4 is 17.3 Å². The second-order valence-corrected chi connectivity index (χ2v) is 5.13. The lowest BCUT2D eigenvalue weighted by molar-refractivity contribution is 0.603. The summed E-state index contributed by atoms with van der Waals surface area (Å²) in [7, 11) is 0. The van der Waals surface area contributed by atoms with Gasteiger partial charge < -0.3 is 15.6 Å². The average molecular weight is 248 g/mol. The van der Waals surface area contributed by atoms with Gasteiger partial charge in [0, 0.05) is 25.2 Å². The van der Waals surface area contributed by atoms with Gasteiger partial charge in [0.2, 0.25) is 5.95 Å². The number of rotatable bonds is 3. The molecular formula is C12H16N4S. The molecule has 0 saturated heterocycles. The number of aromatic nitrogens is 2. The van der Waals surface area contributed by atoms with Gasteiger partial charge in [-0.1, -0.05) is 6.07 Å². The van der Waals surface area contributed by atoms with Gasteiger partial charge in [0.05, 0.1) is 4.88 Å². The highest BCUT2D eigenvalue weighted by Crippen LogP contribution is 2.31. The number of hydrogen-bond donors (Lipinski definition) is 2. The summed E-state index contributed by atoms with van der Waals surface area (Å²) in [4.78, 5) is 5.95. The number of nitrogens with zero attached hydrogens (tertiary/aromatic N) is 2. The Morgan fingerprint density at radius 3 is 3.24 bits per heavy atom. The van der Waals surface area contributed by atoms with E-state index in [-0.39, 0.29) is 0 Å². The molecular weight excluding hydrogens is 232 g/mol. The quantitative estimate of drug-likeness (QED) is 0.872. The topological polar surface area (TPSA) is 55.9 Å². The largest absolute Gasteiger partial charge is 0.356 e. The Morgan fingerprint density at radius 1 is 1.53 bits per heavy atom. The monoisotopic (exact) mass is 248 g/mol. The summed E-state index contributed by atoms with van der Waals surface area (Å²) in [5.74, 6) is 1.00. The Balaban J connectivity index is 2.10. The zero-order chi connectivity index (χ0) is 11.7. The molecule has 4 nitrogen and oxygen atoms in total. The van der Waals surface area contributed by atoms with Crippen LogP contribution in [0.3, 0.4) is 0 Å². The highest BCUT2D eigenvalue weighted by atomic mass is 32.1. The minimum absolute atomic E-state index is 0.670. The molecule has 90 valence electrons. The fourth-order valence-electron chi connectivity index (χ4n) is 2.30.